The number of piperidine rings is 1. The van der Waals surface area contributed by atoms with E-state index in [1.165, 1.54) is 32.6 Å². The van der Waals surface area contributed by atoms with Crippen molar-refractivity contribution in [3.63, 3.8) is 0 Å². The fourth-order valence-corrected chi connectivity index (χ4v) is 8.92. The van der Waals surface area contributed by atoms with Crippen molar-refractivity contribution in [3.05, 3.63) is 82.9 Å². The molecule has 1 saturated heterocycles. The number of hydrogen-bond acceptors (Lipinski definition) is 8. The van der Waals surface area contributed by atoms with Crippen LogP contribution >= 0.6 is 22.7 Å². The highest BCUT2D eigenvalue weighted by Crippen LogP contribution is 2.36. The lowest BCUT2D eigenvalue weighted by molar-refractivity contribution is 0.156. The summed E-state index contributed by atoms with van der Waals surface area (Å²) >= 11 is 2.90. The largest absolute Gasteiger partial charge is 0.380 e. The minimum Gasteiger partial charge on any atom is -0.380 e. The van der Waals surface area contributed by atoms with Crippen LogP contribution in [0.4, 0.5) is 5.69 Å². The van der Waals surface area contributed by atoms with Gasteiger partial charge in [0.15, 0.2) is 0 Å². The standard InChI is InChI=1S/C30H33N5O3S3/c1-2-38-16-15-35(41(36,37)28-12-7-17-39-28)27-11-5-8-22-18-26(33-29(22)27)30-32-19-24(40-30)21-34-14-6-9-23(20-34)25-10-3-4-13-31-25/h3-5,7-8,10-13,17-19,23,33H,2,6,9,14-16,20-21H2,1H3. The Morgan fingerprint density at radius 3 is 2.88 bits per heavy atom. The monoisotopic (exact) mass is 607 g/mol. The van der Waals surface area contributed by atoms with Crippen LogP contribution in [0.15, 0.2) is 76.6 Å². The van der Waals surface area contributed by atoms with E-state index in [9.17, 15) is 8.42 Å². The van der Waals surface area contributed by atoms with E-state index >= 15 is 0 Å². The molecule has 11 heteroatoms. The van der Waals surface area contributed by atoms with Crippen molar-refractivity contribution in [2.24, 2.45) is 0 Å². The van der Waals surface area contributed by atoms with E-state index in [0.717, 1.165) is 47.7 Å². The minimum absolute atomic E-state index is 0.221. The summed E-state index contributed by atoms with van der Waals surface area (Å²) in [6.07, 6.45) is 6.17. The third kappa shape index (κ3) is 6.09. The molecule has 1 aliphatic heterocycles. The van der Waals surface area contributed by atoms with E-state index in [-0.39, 0.29) is 6.54 Å². The average molecular weight is 608 g/mol. The summed E-state index contributed by atoms with van der Waals surface area (Å²) in [5.74, 6) is 0.459. The van der Waals surface area contributed by atoms with Crippen molar-refractivity contribution in [3.8, 4) is 10.7 Å². The van der Waals surface area contributed by atoms with Crippen molar-refractivity contribution in [1.29, 1.82) is 0 Å². The number of aromatic nitrogens is 3. The topological polar surface area (TPSA) is 91.4 Å². The Morgan fingerprint density at radius 1 is 1.15 bits per heavy atom. The molecule has 1 unspecified atom stereocenters. The number of anilines is 1. The number of thiophene rings is 1. The van der Waals surface area contributed by atoms with Crippen LogP contribution < -0.4 is 4.31 Å². The number of rotatable bonds is 11. The van der Waals surface area contributed by atoms with Gasteiger partial charge in [-0.15, -0.1) is 22.7 Å². The van der Waals surface area contributed by atoms with Gasteiger partial charge in [-0.25, -0.2) is 13.4 Å². The maximum Gasteiger partial charge on any atom is 0.273 e. The van der Waals surface area contributed by atoms with Gasteiger partial charge >= 0.3 is 0 Å². The fraction of sp³-hybridized carbons (Fsp3) is 0.333. The van der Waals surface area contributed by atoms with Crippen molar-refractivity contribution in [2.75, 3.05) is 37.2 Å². The molecule has 8 nitrogen and oxygen atoms in total. The first kappa shape index (κ1) is 28.0. The number of ether oxygens (including phenoxy) is 1. The molecule has 0 spiro atoms. The highest BCUT2D eigenvalue weighted by atomic mass is 32.2. The number of sulfonamides is 1. The van der Waals surface area contributed by atoms with Crippen molar-refractivity contribution in [2.45, 2.75) is 36.4 Å². The molecule has 0 aliphatic carbocycles. The third-order valence-corrected chi connectivity index (χ3v) is 11.6. The number of para-hydroxylation sites is 1. The maximum atomic E-state index is 13.7. The van der Waals surface area contributed by atoms with E-state index in [1.807, 2.05) is 43.6 Å². The van der Waals surface area contributed by atoms with E-state index in [1.54, 1.807) is 28.8 Å². The van der Waals surface area contributed by atoms with Gasteiger partial charge in [0.25, 0.3) is 10.0 Å². The van der Waals surface area contributed by atoms with Gasteiger partial charge in [-0.3, -0.25) is 14.2 Å². The van der Waals surface area contributed by atoms with Gasteiger partial charge in [-0.1, -0.05) is 24.3 Å². The molecule has 214 valence electrons. The summed E-state index contributed by atoms with van der Waals surface area (Å²) in [6, 6.07) is 17.4. The zero-order chi connectivity index (χ0) is 28.2. The summed E-state index contributed by atoms with van der Waals surface area (Å²) in [5, 5.41) is 3.61. The van der Waals surface area contributed by atoms with Crippen LogP contribution in [0.3, 0.4) is 0 Å². The molecule has 0 bridgehead atoms. The van der Waals surface area contributed by atoms with E-state index in [2.05, 4.69) is 33.1 Å². The van der Waals surface area contributed by atoms with Crippen LogP contribution in [-0.2, 0) is 21.3 Å². The first-order valence-corrected chi connectivity index (χ1v) is 17.0. The lowest BCUT2D eigenvalue weighted by Gasteiger charge is -2.32. The zero-order valence-corrected chi connectivity index (χ0v) is 25.4. The van der Waals surface area contributed by atoms with E-state index < -0.39 is 10.0 Å². The Labute approximate surface area is 248 Å². The molecule has 41 heavy (non-hydrogen) atoms. The number of likely N-dealkylation sites (tertiary alicyclic amines) is 1. The number of hydrogen-bond donors (Lipinski definition) is 1. The van der Waals surface area contributed by atoms with Crippen LogP contribution in [0.25, 0.3) is 21.6 Å². The molecule has 1 atom stereocenters. The zero-order valence-electron chi connectivity index (χ0n) is 22.9. The second-order valence-corrected chi connectivity index (χ2v) is 14.2. The molecule has 5 heterocycles. The quantitative estimate of drug-likeness (QED) is 0.176. The molecular weight excluding hydrogens is 575 g/mol. The molecule has 0 saturated carbocycles. The second-order valence-electron chi connectivity index (χ2n) is 10.1. The summed E-state index contributed by atoms with van der Waals surface area (Å²) in [4.78, 5) is 16.5. The second kappa shape index (κ2) is 12.4. The Bertz CT molecular complexity index is 1680. The summed E-state index contributed by atoms with van der Waals surface area (Å²) < 4.78 is 34.6. The molecule has 4 aromatic heterocycles. The van der Waals surface area contributed by atoms with Gasteiger partial charge in [0.2, 0.25) is 0 Å². The number of benzene rings is 1. The van der Waals surface area contributed by atoms with Crippen LogP contribution in [0, 0.1) is 0 Å². The predicted molar refractivity (Wildman–Crippen MR) is 166 cm³/mol. The number of thiazole rings is 1. The summed E-state index contributed by atoms with van der Waals surface area (Å²) in [6.45, 7) is 5.88. The smallest absolute Gasteiger partial charge is 0.273 e. The van der Waals surface area contributed by atoms with Crippen molar-refractivity contribution >= 4 is 49.3 Å². The molecule has 1 N–H and O–H groups in total. The third-order valence-electron chi connectivity index (χ3n) is 7.36. The SMILES string of the molecule is CCOCCN(c1cccc2cc(-c3ncc(CN4CCCC(c5ccccn5)C4)s3)[nH]c12)S(=O)(=O)c1cccs1. The lowest BCUT2D eigenvalue weighted by Crippen LogP contribution is -2.34. The highest BCUT2D eigenvalue weighted by molar-refractivity contribution is 7.94. The predicted octanol–water partition coefficient (Wildman–Crippen LogP) is 6.36. The molecule has 0 amide bonds. The van der Waals surface area contributed by atoms with Crippen LogP contribution in [0.1, 0.15) is 36.3 Å². The Balaban J connectivity index is 1.25. The van der Waals surface area contributed by atoms with Crippen molar-refractivity contribution < 1.29 is 13.2 Å². The van der Waals surface area contributed by atoms with Gasteiger partial charge in [-0.2, -0.15) is 0 Å². The molecule has 1 fully saturated rings. The minimum atomic E-state index is -3.75. The molecule has 1 aliphatic rings. The number of H-pyrrole nitrogens is 1. The van der Waals surface area contributed by atoms with E-state index in [0.29, 0.717) is 29.0 Å². The highest BCUT2D eigenvalue weighted by Gasteiger charge is 2.28. The number of fused-ring (bicyclic) bond motifs is 1. The van der Waals surface area contributed by atoms with Gasteiger partial charge in [0.1, 0.15) is 9.22 Å². The number of nitrogens with one attached hydrogen (secondary N) is 1. The van der Waals surface area contributed by atoms with Gasteiger partial charge in [0, 0.05) is 54.0 Å². The van der Waals surface area contributed by atoms with E-state index in [4.69, 9.17) is 9.72 Å². The molecule has 0 radical (unpaired) electrons. The van der Waals surface area contributed by atoms with Crippen LogP contribution in [0.5, 0.6) is 0 Å². The molecule has 5 aromatic rings. The molecule has 6 rings (SSSR count). The Kier molecular flexibility index (Phi) is 8.50. The number of pyridine rings is 1. The first-order valence-electron chi connectivity index (χ1n) is 13.9. The van der Waals surface area contributed by atoms with Gasteiger partial charge < -0.3 is 9.72 Å². The van der Waals surface area contributed by atoms with Crippen LogP contribution in [0.2, 0.25) is 0 Å². The molecule has 1 aromatic carbocycles. The number of aromatic amines is 1. The summed E-state index contributed by atoms with van der Waals surface area (Å²) in [7, 11) is -3.75. The number of nitrogens with zero attached hydrogens (tertiary/aromatic N) is 4. The van der Waals surface area contributed by atoms with Crippen molar-refractivity contribution in [1.82, 2.24) is 19.9 Å². The normalized spacial score (nSPS) is 16.4. The van der Waals surface area contributed by atoms with Crippen LogP contribution in [-0.4, -0.2) is 61.1 Å². The lowest BCUT2D eigenvalue weighted by atomic mass is 9.94. The van der Waals surface area contributed by atoms with Gasteiger partial charge in [0.05, 0.1) is 30.0 Å². The fourth-order valence-electron chi connectivity index (χ4n) is 5.43. The maximum absolute atomic E-state index is 13.7. The average Bonchev–Trinajstić information content (AvgIpc) is 3.77. The molecular formula is C30H33N5O3S3. The summed E-state index contributed by atoms with van der Waals surface area (Å²) in [5.41, 5.74) is 3.43. The Hall–Kier alpha value is -3.09. The first-order chi connectivity index (χ1) is 20.0. The van der Waals surface area contributed by atoms with Gasteiger partial charge in [-0.05, 0) is 62.0 Å². The Morgan fingerprint density at radius 2 is 2.07 bits per heavy atom.